The number of anilines is 2. The number of nitrogens with zero attached hydrogens (tertiary/aromatic N) is 1. The molecule has 0 aliphatic carbocycles. The molecule has 0 radical (unpaired) electrons. The van der Waals surface area contributed by atoms with E-state index in [0.717, 1.165) is 62.0 Å². The molecule has 16 heteroatoms. The number of likely N-dealkylation sites (N-methyl/N-ethyl adjacent to an activating group) is 1. The van der Waals surface area contributed by atoms with Crippen LogP contribution < -0.4 is 49.0 Å². The average molecular weight is 954 g/mol. The Morgan fingerprint density at radius 2 is 1.06 bits per heavy atom. The van der Waals surface area contributed by atoms with Gasteiger partial charge in [-0.2, -0.15) is 0 Å². The Morgan fingerprint density at radius 3 is 1.52 bits per heavy atom. The number of nitrogens with one attached hydrogen (secondary N) is 10. The summed E-state index contributed by atoms with van der Waals surface area (Å²) >= 11 is 11.7. The quantitative estimate of drug-likeness (QED) is 0.0190. The van der Waals surface area contributed by atoms with E-state index in [0.29, 0.717) is 53.1 Å². The summed E-state index contributed by atoms with van der Waals surface area (Å²) in [6.45, 7) is 16.7. The first kappa shape index (κ1) is 56.1. The van der Waals surface area contributed by atoms with Crippen molar-refractivity contribution in [3.63, 3.8) is 0 Å². The lowest BCUT2D eigenvalue weighted by Crippen LogP contribution is -3.00. The standard InChI is InChI=1S/C27H42NO2.C22H30Cl2N10.ClH/c1-26(2,3)22-27(4,5)24-13-15-25(16-14-24)30-20-19-29-18-17-28(6,7)21-23-11-9-8-10-12-23;23-15-5-9-17(10-6-15)31-21(27)33-19(25)29-13-3-1-2-4-14-30-20(26)34-22(28)32-18-11-7-16(24)8-12-18;/h8-16H,17-22H2,1-7H3;5-12H,1-4,13-14H2,(H5,25,27,29,31,33)(H5,26,28,30,32,34);1H/q+1;;/p-1. The fourth-order valence-corrected chi connectivity index (χ4v) is 7.26. The van der Waals surface area contributed by atoms with Crippen LogP contribution in [0.2, 0.25) is 10.0 Å². The third kappa shape index (κ3) is 25.3. The number of ether oxygens (including phenoxy) is 2. The molecule has 0 spiro atoms. The van der Waals surface area contributed by atoms with Crippen molar-refractivity contribution in [3.8, 4) is 5.75 Å². The van der Waals surface area contributed by atoms with Gasteiger partial charge in [-0.1, -0.05) is 113 Å². The van der Waals surface area contributed by atoms with E-state index in [-0.39, 0.29) is 41.7 Å². The summed E-state index contributed by atoms with van der Waals surface area (Å²) < 4.78 is 12.6. The lowest BCUT2D eigenvalue weighted by Gasteiger charge is -2.33. The van der Waals surface area contributed by atoms with Gasteiger partial charge in [0, 0.05) is 40.1 Å². The van der Waals surface area contributed by atoms with Crippen LogP contribution in [-0.4, -0.2) is 81.9 Å². The minimum atomic E-state index is -0.00148. The summed E-state index contributed by atoms with van der Waals surface area (Å²) in [6.07, 6.45) is 4.85. The van der Waals surface area contributed by atoms with E-state index in [1.54, 1.807) is 48.5 Å². The van der Waals surface area contributed by atoms with Gasteiger partial charge in [0.15, 0.2) is 23.8 Å². The summed E-state index contributed by atoms with van der Waals surface area (Å²) in [6, 6.07) is 33.1. The first-order chi connectivity index (χ1) is 30.3. The van der Waals surface area contributed by atoms with Crippen LogP contribution in [0.15, 0.2) is 103 Å². The van der Waals surface area contributed by atoms with Gasteiger partial charge in [0.1, 0.15) is 25.4 Å². The molecule has 4 aromatic carbocycles. The van der Waals surface area contributed by atoms with Gasteiger partial charge in [-0.25, -0.2) is 0 Å². The third-order valence-electron chi connectivity index (χ3n) is 9.83. The molecule has 0 heterocycles. The summed E-state index contributed by atoms with van der Waals surface area (Å²) in [5, 5.41) is 49.5. The first-order valence-electron chi connectivity index (χ1n) is 21.9. The predicted molar refractivity (Wildman–Crippen MR) is 269 cm³/mol. The van der Waals surface area contributed by atoms with Gasteiger partial charge in [-0.3, -0.25) is 32.3 Å². The van der Waals surface area contributed by atoms with Crippen molar-refractivity contribution < 1.29 is 26.4 Å². The molecule has 0 saturated carbocycles. The van der Waals surface area contributed by atoms with E-state index < -0.39 is 0 Å². The summed E-state index contributed by atoms with van der Waals surface area (Å²) in [7, 11) is 4.49. The molecule has 65 heavy (non-hydrogen) atoms. The Hall–Kier alpha value is -5.05. The summed E-state index contributed by atoms with van der Waals surface area (Å²) in [5.41, 5.74) is 4.61. The van der Waals surface area contributed by atoms with E-state index in [1.165, 1.54) is 11.1 Å². The number of halogens is 3. The zero-order valence-electron chi connectivity index (χ0n) is 39.2. The molecule has 4 aromatic rings. The van der Waals surface area contributed by atoms with E-state index in [9.17, 15) is 0 Å². The van der Waals surface area contributed by atoms with Crippen LogP contribution >= 0.6 is 23.2 Å². The van der Waals surface area contributed by atoms with Gasteiger partial charge in [0.2, 0.25) is 0 Å². The maximum Gasteiger partial charge on any atom is 0.199 e. The highest BCUT2D eigenvalue weighted by Gasteiger charge is 2.27. The van der Waals surface area contributed by atoms with Gasteiger partial charge in [-0.05, 0) is 96.3 Å². The number of hydrogen-bond acceptors (Lipinski definition) is 6. The second-order valence-electron chi connectivity index (χ2n) is 18.2. The number of hydrogen-bond donors (Lipinski definition) is 10. The maximum absolute atomic E-state index is 7.86. The molecule has 0 atom stereocenters. The Kier molecular flexibility index (Phi) is 24.8. The third-order valence-corrected chi connectivity index (χ3v) is 10.3. The molecule has 4 rings (SSSR count). The van der Waals surface area contributed by atoms with Gasteiger partial charge in [0.05, 0.1) is 27.3 Å². The van der Waals surface area contributed by atoms with Crippen molar-refractivity contribution in [2.75, 3.05) is 64.2 Å². The molecule has 13 nitrogen and oxygen atoms in total. The van der Waals surface area contributed by atoms with Gasteiger partial charge in [0.25, 0.3) is 0 Å². The van der Waals surface area contributed by atoms with Crippen LogP contribution in [-0.2, 0) is 16.7 Å². The Balaban J connectivity index is 0.000000443. The van der Waals surface area contributed by atoms with Crippen LogP contribution in [0.3, 0.4) is 0 Å². The maximum atomic E-state index is 7.86. The van der Waals surface area contributed by atoms with Crippen molar-refractivity contribution >= 4 is 58.4 Å². The van der Waals surface area contributed by atoms with Gasteiger partial charge in [-0.15, -0.1) is 0 Å². The van der Waals surface area contributed by atoms with Crippen molar-refractivity contribution in [1.29, 1.82) is 21.6 Å². The Morgan fingerprint density at radius 1 is 0.585 bits per heavy atom. The highest BCUT2D eigenvalue weighted by atomic mass is 35.5. The lowest BCUT2D eigenvalue weighted by molar-refractivity contribution is -0.904. The Labute approximate surface area is 404 Å². The van der Waals surface area contributed by atoms with E-state index >= 15 is 0 Å². The minimum absolute atomic E-state index is 0. The largest absolute Gasteiger partial charge is 1.00 e. The van der Waals surface area contributed by atoms with Crippen molar-refractivity contribution in [3.05, 3.63) is 124 Å². The molecular formula is C49H72Cl3N11O2. The fourth-order valence-electron chi connectivity index (χ4n) is 7.01. The van der Waals surface area contributed by atoms with Crippen LogP contribution in [0, 0.1) is 27.1 Å². The molecule has 356 valence electrons. The molecule has 0 aliphatic rings. The van der Waals surface area contributed by atoms with Gasteiger partial charge < -0.3 is 47.6 Å². The summed E-state index contributed by atoms with van der Waals surface area (Å²) in [4.78, 5) is 0. The molecule has 0 saturated heterocycles. The van der Waals surface area contributed by atoms with Crippen LogP contribution in [0.1, 0.15) is 77.8 Å². The van der Waals surface area contributed by atoms with Crippen LogP contribution in [0.25, 0.3) is 0 Å². The first-order valence-corrected chi connectivity index (χ1v) is 22.6. The zero-order valence-corrected chi connectivity index (χ0v) is 41.5. The number of unbranched alkanes of at least 4 members (excludes halogenated alkanes) is 3. The van der Waals surface area contributed by atoms with E-state index in [2.05, 4.69) is 135 Å². The van der Waals surface area contributed by atoms with Gasteiger partial charge >= 0.3 is 0 Å². The normalized spacial score (nSPS) is 11.2. The van der Waals surface area contributed by atoms with Crippen molar-refractivity contribution in [2.24, 2.45) is 5.41 Å². The lowest BCUT2D eigenvalue weighted by atomic mass is 9.72. The zero-order chi connectivity index (χ0) is 47.0. The molecular weight excluding hydrogens is 881 g/mol. The highest BCUT2D eigenvalue weighted by Crippen LogP contribution is 2.36. The number of guanidine groups is 4. The van der Waals surface area contributed by atoms with Crippen molar-refractivity contribution in [2.45, 2.75) is 78.7 Å². The Bertz CT molecular complexity index is 1930. The second-order valence-corrected chi connectivity index (χ2v) is 19.1. The summed E-state index contributed by atoms with van der Waals surface area (Å²) in [5.74, 6) is 1.02. The average Bonchev–Trinajstić information content (AvgIpc) is 3.21. The van der Waals surface area contributed by atoms with Crippen LogP contribution in [0.5, 0.6) is 5.75 Å². The molecule has 0 bridgehead atoms. The van der Waals surface area contributed by atoms with Crippen LogP contribution in [0.4, 0.5) is 11.4 Å². The van der Waals surface area contributed by atoms with E-state index in [4.69, 9.17) is 54.3 Å². The number of benzene rings is 4. The van der Waals surface area contributed by atoms with Crippen molar-refractivity contribution in [1.82, 2.24) is 21.3 Å². The molecule has 10 N–H and O–H groups in total. The molecule has 0 fully saturated rings. The number of rotatable bonds is 20. The van der Waals surface area contributed by atoms with E-state index in [1.807, 2.05) is 0 Å². The molecule has 0 unspecified atom stereocenters. The SMILES string of the molecule is CC(C)(C)CC(C)(C)c1ccc(OCCOCC[N+](C)(C)Cc2ccccc2)cc1.N=C(NCCCCCCNC(=N)NC(=N)Nc1ccc(Cl)cc1)NC(=N)Nc1ccc(Cl)cc1.[Cl-]. The second kappa shape index (κ2) is 28.8. The number of quaternary nitrogens is 1. The predicted octanol–water partition coefficient (Wildman–Crippen LogP) is 7.25. The molecule has 0 amide bonds. The highest BCUT2D eigenvalue weighted by molar-refractivity contribution is 6.31. The monoisotopic (exact) mass is 951 g/mol. The minimum Gasteiger partial charge on any atom is -1.00 e. The molecule has 0 aliphatic heterocycles. The molecule has 0 aromatic heterocycles. The smallest absolute Gasteiger partial charge is 0.199 e. The topological polar surface area (TPSA) is 186 Å². The fraction of sp³-hybridized carbons (Fsp3) is 0.429.